The lowest BCUT2D eigenvalue weighted by atomic mass is 10.2. The standard InChI is InChI=1S/C10H10Cl2N2O2/c11-8-5-7(6-9(12)10(8)13-15)14-1-3-16-4-2-14/h5-6H,1-4H2. The number of morpholine rings is 1. The van der Waals surface area contributed by atoms with Crippen LogP contribution in [0.3, 0.4) is 0 Å². The predicted octanol–water partition coefficient (Wildman–Crippen LogP) is 3.23. The van der Waals surface area contributed by atoms with Gasteiger partial charge in [0.15, 0.2) is 0 Å². The summed E-state index contributed by atoms with van der Waals surface area (Å²) in [7, 11) is 0. The number of ether oxygens (including phenoxy) is 1. The maximum atomic E-state index is 10.5. The highest BCUT2D eigenvalue weighted by atomic mass is 35.5. The van der Waals surface area contributed by atoms with Gasteiger partial charge in [-0.1, -0.05) is 23.2 Å². The normalized spacial score (nSPS) is 16.2. The van der Waals surface area contributed by atoms with Crippen LogP contribution < -0.4 is 4.90 Å². The summed E-state index contributed by atoms with van der Waals surface area (Å²) in [6.07, 6.45) is 0. The number of rotatable bonds is 2. The van der Waals surface area contributed by atoms with Crippen LogP contribution in [0.2, 0.25) is 10.0 Å². The average Bonchev–Trinajstić information content (AvgIpc) is 2.30. The van der Waals surface area contributed by atoms with Crippen LogP contribution in [0.25, 0.3) is 0 Å². The molecule has 0 amide bonds. The molecule has 1 aromatic rings. The first kappa shape index (κ1) is 11.6. The second-order valence-electron chi connectivity index (χ2n) is 3.45. The van der Waals surface area contributed by atoms with Gasteiger partial charge in [0.2, 0.25) is 0 Å². The molecule has 0 aliphatic carbocycles. The number of halogens is 2. The number of nitrogens with zero attached hydrogens (tertiary/aromatic N) is 2. The molecule has 0 bridgehead atoms. The summed E-state index contributed by atoms with van der Waals surface area (Å²) >= 11 is 11.8. The van der Waals surface area contributed by atoms with Crippen LogP contribution in [0.1, 0.15) is 0 Å². The van der Waals surface area contributed by atoms with Crippen molar-refractivity contribution >= 4 is 34.6 Å². The van der Waals surface area contributed by atoms with E-state index >= 15 is 0 Å². The van der Waals surface area contributed by atoms with Crippen LogP contribution in [0.4, 0.5) is 11.4 Å². The van der Waals surface area contributed by atoms with E-state index in [1.165, 1.54) is 0 Å². The number of hydrogen-bond acceptors (Lipinski definition) is 4. The van der Waals surface area contributed by atoms with Gasteiger partial charge in [-0.25, -0.2) is 0 Å². The van der Waals surface area contributed by atoms with Crippen LogP contribution in [0.15, 0.2) is 17.3 Å². The summed E-state index contributed by atoms with van der Waals surface area (Å²) < 4.78 is 5.25. The highest BCUT2D eigenvalue weighted by Crippen LogP contribution is 2.37. The Morgan fingerprint density at radius 1 is 1.19 bits per heavy atom. The fraction of sp³-hybridized carbons (Fsp3) is 0.400. The van der Waals surface area contributed by atoms with Gasteiger partial charge in [-0.2, -0.15) is 0 Å². The third kappa shape index (κ3) is 2.29. The molecule has 1 aromatic carbocycles. The van der Waals surface area contributed by atoms with Gasteiger partial charge in [-0.3, -0.25) is 0 Å². The van der Waals surface area contributed by atoms with E-state index in [4.69, 9.17) is 27.9 Å². The Hall–Kier alpha value is -0.840. The summed E-state index contributed by atoms with van der Waals surface area (Å²) in [4.78, 5) is 12.6. The van der Waals surface area contributed by atoms with Crippen molar-refractivity contribution in [2.24, 2.45) is 5.18 Å². The Morgan fingerprint density at radius 3 is 2.25 bits per heavy atom. The molecule has 1 aliphatic rings. The minimum absolute atomic E-state index is 0.0975. The van der Waals surface area contributed by atoms with Gasteiger partial charge < -0.3 is 9.64 Å². The van der Waals surface area contributed by atoms with E-state index in [0.717, 1.165) is 18.8 Å². The van der Waals surface area contributed by atoms with Crippen LogP contribution in [0.5, 0.6) is 0 Å². The van der Waals surface area contributed by atoms with E-state index in [0.29, 0.717) is 13.2 Å². The zero-order valence-corrected chi connectivity index (χ0v) is 9.96. The molecule has 1 heterocycles. The zero-order valence-electron chi connectivity index (χ0n) is 8.45. The Balaban J connectivity index is 2.31. The van der Waals surface area contributed by atoms with Crippen molar-refractivity contribution in [3.63, 3.8) is 0 Å². The van der Waals surface area contributed by atoms with Gasteiger partial charge in [0.1, 0.15) is 5.69 Å². The molecule has 4 nitrogen and oxygen atoms in total. The average molecular weight is 261 g/mol. The number of anilines is 1. The van der Waals surface area contributed by atoms with Gasteiger partial charge in [-0.15, -0.1) is 4.91 Å². The van der Waals surface area contributed by atoms with E-state index in [1.807, 2.05) is 0 Å². The molecule has 6 heteroatoms. The Labute approximate surface area is 103 Å². The summed E-state index contributed by atoms with van der Waals surface area (Å²) in [6.45, 7) is 2.95. The number of nitroso groups, excluding NO2 is 1. The zero-order chi connectivity index (χ0) is 11.5. The first-order valence-electron chi connectivity index (χ1n) is 4.87. The molecule has 0 unspecified atom stereocenters. The molecule has 1 aliphatic heterocycles. The topological polar surface area (TPSA) is 41.9 Å². The Morgan fingerprint density at radius 2 is 1.75 bits per heavy atom. The van der Waals surface area contributed by atoms with Crippen molar-refractivity contribution in [2.75, 3.05) is 31.2 Å². The second kappa shape index (κ2) is 4.99. The lowest BCUT2D eigenvalue weighted by molar-refractivity contribution is 0.122. The summed E-state index contributed by atoms with van der Waals surface area (Å²) in [5, 5.41) is 3.36. The van der Waals surface area contributed by atoms with Crippen molar-refractivity contribution in [3.05, 3.63) is 27.1 Å². The van der Waals surface area contributed by atoms with Crippen LogP contribution in [0, 0.1) is 4.91 Å². The van der Waals surface area contributed by atoms with Crippen molar-refractivity contribution in [3.8, 4) is 0 Å². The fourth-order valence-electron chi connectivity index (χ4n) is 1.64. The molecule has 1 saturated heterocycles. The van der Waals surface area contributed by atoms with Gasteiger partial charge in [0.25, 0.3) is 0 Å². The molecule has 86 valence electrons. The quantitative estimate of drug-likeness (QED) is 0.767. The minimum atomic E-state index is 0.0975. The third-order valence-corrected chi connectivity index (χ3v) is 3.05. The van der Waals surface area contributed by atoms with Crippen LogP contribution in [-0.2, 0) is 4.74 Å². The monoisotopic (exact) mass is 260 g/mol. The van der Waals surface area contributed by atoms with Gasteiger partial charge in [-0.05, 0) is 17.3 Å². The number of hydrogen-bond donors (Lipinski definition) is 0. The highest BCUT2D eigenvalue weighted by Gasteiger charge is 2.15. The third-order valence-electron chi connectivity index (χ3n) is 2.47. The smallest absolute Gasteiger partial charge is 0.145 e. The highest BCUT2D eigenvalue weighted by molar-refractivity contribution is 6.39. The van der Waals surface area contributed by atoms with Crippen molar-refractivity contribution < 1.29 is 4.74 Å². The maximum absolute atomic E-state index is 10.5. The van der Waals surface area contributed by atoms with Gasteiger partial charge in [0, 0.05) is 18.8 Å². The van der Waals surface area contributed by atoms with Crippen LogP contribution in [-0.4, -0.2) is 26.3 Å². The fourth-order valence-corrected chi connectivity index (χ4v) is 2.19. The molecule has 0 aromatic heterocycles. The summed E-state index contributed by atoms with van der Waals surface area (Å²) in [6, 6.07) is 3.41. The minimum Gasteiger partial charge on any atom is -0.378 e. The predicted molar refractivity (Wildman–Crippen MR) is 64.9 cm³/mol. The van der Waals surface area contributed by atoms with Crippen molar-refractivity contribution in [1.29, 1.82) is 0 Å². The van der Waals surface area contributed by atoms with Crippen molar-refractivity contribution in [2.45, 2.75) is 0 Å². The SMILES string of the molecule is O=Nc1c(Cl)cc(N2CCOCC2)cc1Cl. The molecule has 0 N–H and O–H groups in total. The molecule has 0 saturated carbocycles. The molecule has 16 heavy (non-hydrogen) atoms. The molecule has 1 fully saturated rings. The molecule has 2 rings (SSSR count). The van der Waals surface area contributed by atoms with E-state index in [2.05, 4.69) is 10.1 Å². The first-order chi connectivity index (χ1) is 7.72. The largest absolute Gasteiger partial charge is 0.378 e. The molecule has 0 spiro atoms. The Kier molecular flexibility index (Phi) is 3.63. The van der Waals surface area contributed by atoms with E-state index in [9.17, 15) is 4.91 Å². The van der Waals surface area contributed by atoms with E-state index in [1.54, 1.807) is 12.1 Å². The molecular formula is C10H10Cl2N2O2. The molecule has 0 atom stereocenters. The summed E-state index contributed by atoms with van der Waals surface area (Å²) in [5.41, 5.74) is 0.992. The van der Waals surface area contributed by atoms with Gasteiger partial charge in [0.05, 0.1) is 23.3 Å². The lowest BCUT2D eigenvalue weighted by Crippen LogP contribution is -2.36. The number of benzene rings is 1. The first-order valence-corrected chi connectivity index (χ1v) is 5.63. The van der Waals surface area contributed by atoms with Crippen molar-refractivity contribution in [1.82, 2.24) is 0 Å². The van der Waals surface area contributed by atoms with Gasteiger partial charge >= 0.3 is 0 Å². The second-order valence-corrected chi connectivity index (χ2v) is 4.26. The molecule has 0 radical (unpaired) electrons. The van der Waals surface area contributed by atoms with Crippen LogP contribution >= 0.6 is 23.2 Å². The summed E-state index contributed by atoms with van der Waals surface area (Å²) in [5.74, 6) is 0. The lowest BCUT2D eigenvalue weighted by Gasteiger charge is -2.29. The molecular weight excluding hydrogens is 251 g/mol. The van der Waals surface area contributed by atoms with E-state index in [-0.39, 0.29) is 15.7 Å². The van der Waals surface area contributed by atoms with E-state index < -0.39 is 0 Å². The Bertz CT molecular complexity index is 383. The maximum Gasteiger partial charge on any atom is 0.145 e.